The first-order chi connectivity index (χ1) is 7.18. The third kappa shape index (κ3) is 2.02. The molecule has 0 unspecified atom stereocenters. The monoisotopic (exact) mass is 226 g/mol. The van der Waals surface area contributed by atoms with E-state index in [4.69, 9.17) is 11.6 Å². The van der Waals surface area contributed by atoms with Gasteiger partial charge in [-0.25, -0.2) is 9.97 Å². The number of aromatic carboxylic acids is 1. The SMILES string of the molecule is O=C([O-])c1nc(N2CCCC2)ncc1Cl. The van der Waals surface area contributed by atoms with E-state index in [0.29, 0.717) is 5.95 Å². The van der Waals surface area contributed by atoms with E-state index in [1.807, 2.05) is 4.90 Å². The summed E-state index contributed by atoms with van der Waals surface area (Å²) in [6.45, 7) is 1.71. The molecule has 2 heterocycles. The summed E-state index contributed by atoms with van der Waals surface area (Å²) in [5.41, 5.74) is -0.242. The van der Waals surface area contributed by atoms with Crippen molar-refractivity contribution in [2.24, 2.45) is 0 Å². The molecule has 0 bridgehead atoms. The summed E-state index contributed by atoms with van der Waals surface area (Å²) < 4.78 is 0. The van der Waals surface area contributed by atoms with E-state index in [1.165, 1.54) is 6.20 Å². The highest BCUT2D eigenvalue weighted by Crippen LogP contribution is 2.19. The van der Waals surface area contributed by atoms with Crippen LogP contribution >= 0.6 is 11.6 Å². The van der Waals surface area contributed by atoms with Crippen LogP contribution in [-0.4, -0.2) is 29.0 Å². The molecule has 2 rings (SSSR count). The maximum Gasteiger partial charge on any atom is 0.225 e. The van der Waals surface area contributed by atoms with Crippen LogP contribution in [0, 0.1) is 0 Å². The second kappa shape index (κ2) is 4.02. The minimum Gasteiger partial charge on any atom is -0.543 e. The van der Waals surface area contributed by atoms with Gasteiger partial charge in [0.2, 0.25) is 5.95 Å². The van der Waals surface area contributed by atoms with Crippen LogP contribution in [0.1, 0.15) is 23.3 Å². The fourth-order valence-electron chi connectivity index (χ4n) is 1.57. The molecule has 0 spiro atoms. The van der Waals surface area contributed by atoms with Crippen LogP contribution in [0.5, 0.6) is 0 Å². The Balaban J connectivity index is 2.33. The first-order valence-corrected chi connectivity index (χ1v) is 5.05. The molecule has 0 saturated carbocycles. The lowest BCUT2D eigenvalue weighted by molar-refractivity contribution is -0.255. The summed E-state index contributed by atoms with van der Waals surface area (Å²) in [6.07, 6.45) is 3.45. The standard InChI is InChI=1S/C9H10ClN3O2/c10-6-5-11-9(12-7(6)8(14)15)13-3-1-2-4-13/h5H,1-4H2,(H,14,15)/p-1. The van der Waals surface area contributed by atoms with E-state index in [2.05, 4.69) is 9.97 Å². The molecule has 1 aliphatic heterocycles. The molecule has 1 fully saturated rings. The smallest absolute Gasteiger partial charge is 0.225 e. The van der Waals surface area contributed by atoms with Gasteiger partial charge in [-0.05, 0) is 12.8 Å². The number of nitrogens with zero attached hydrogens (tertiary/aromatic N) is 3. The van der Waals surface area contributed by atoms with Gasteiger partial charge in [0, 0.05) is 13.1 Å². The zero-order valence-electron chi connectivity index (χ0n) is 7.94. The molecule has 0 aliphatic carbocycles. The Labute approximate surface area is 91.7 Å². The number of rotatable bonds is 2. The predicted octanol–water partition coefficient (Wildman–Crippen LogP) is 0.0937. The van der Waals surface area contributed by atoms with Gasteiger partial charge in [-0.2, -0.15) is 0 Å². The molecule has 5 nitrogen and oxygen atoms in total. The van der Waals surface area contributed by atoms with Gasteiger partial charge in [0.15, 0.2) is 0 Å². The zero-order chi connectivity index (χ0) is 10.8. The second-order valence-corrected chi connectivity index (χ2v) is 3.76. The molecule has 1 aliphatic rings. The lowest BCUT2D eigenvalue weighted by Gasteiger charge is -2.16. The van der Waals surface area contributed by atoms with Gasteiger partial charge in [-0.15, -0.1) is 0 Å². The lowest BCUT2D eigenvalue weighted by atomic mass is 10.4. The summed E-state index contributed by atoms with van der Waals surface area (Å²) >= 11 is 5.63. The summed E-state index contributed by atoms with van der Waals surface area (Å²) in [7, 11) is 0. The fourth-order valence-corrected chi connectivity index (χ4v) is 1.74. The van der Waals surface area contributed by atoms with Crippen LogP contribution in [0.3, 0.4) is 0 Å². The Morgan fingerprint density at radius 2 is 2.13 bits per heavy atom. The Morgan fingerprint density at radius 1 is 1.47 bits per heavy atom. The van der Waals surface area contributed by atoms with Crippen molar-refractivity contribution in [1.82, 2.24) is 9.97 Å². The van der Waals surface area contributed by atoms with Crippen molar-refractivity contribution in [2.45, 2.75) is 12.8 Å². The van der Waals surface area contributed by atoms with Crippen molar-refractivity contribution in [3.63, 3.8) is 0 Å². The molecule has 15 heavy (non-hydrogen) atoms. The fraction of sp³-hybridized carbons (Fsp3) is 0.444. The number of anilines is 1. The number of hydrogen-bond acceptors (Lipinski definition) is 5. The third-order valence-corrected chi connectivity index (χ3v) is 2.59. The van der Waals surface area contributed by atoms with E-state index in [1.54, 1.807) is 0 Å². The third-order valence-electron chi connectivity index (χ3n) is 2.31. The average Bonchev–Trinajstić information content (AvgIpc) is 2.71. The highest BCUT2D eigenvalue weighted by Gasteiger charge is 2.16. The van der Waals surface area contributed by atoms with Gasteiger partial charge in [0.1, 0.15) is 5.69 Å². The first-order valence-electron chi connectivity index (χ1n) is 4.67. The number of hydrogen-bond donors (Lipinski definition) is 0. The van der Waals surface area contributed by atoms with Crippen LogP contribution in [0.25, 0.3) is 0 Å². The minimum atomic E-state index is -1.37. The van der Waals surface area contributed by atoms with Crippen LogP contribution in [0.4, 0.5) is 5.95 Å². The van der Waals surface area contributed by atoms with Crippen molar-refractivity contribution in [3.8, 4) is 0 Å². The Morgan fingerprint density at radius 3 is 2.73 bits per heavy atom. The summed E-state index contributed by atoms with van der Waals surface area (Å²) in [6, 6.07) is 0. The maximum absolute atomic E-state index is 10.7. The van der Waals surface area contributed by atoms with Crippen molar-refractivity contribution in [3.05, 3.63) is 16.9 Å². The van der Waals surface area contributed by atoms with Gasteiger partial charge >= 0.3 is 0 Å². The quantitative estimate of drug-likeness (QED) is 0.715. The maximum atomic E-state index is 10.7. The Hall–Kier alpha value is -1.36. The van der Waals surface area contributed by atoms with E-state index < -0.39 is 5.97 Å². The van der Waals surface area contributed by atoms with Crippen LogP contribution in [-0.2, 0) is 0 Å². The molecule has 0 amide bonds. The highest BCUT2D eigenvalue weighted by molar-refractivity contribution is 6.33. The lowest BCUT2D eigenvalue weighted by Crippen LogP contribution is -2.27. The molecule has 1 aromatic heterocycles. The Bertz CT molecular complexity index is 391. The predicted molar refractivity (Wildman–Crippen MR) is 52.8 cm³/mol. The number of carboxylic acids is 1. The molecule has 1 saturated heterocycles. The zero-order valence-corrected chi connectivity index (χ0v) is 8.70. The van der Waals surface area contributed by atoms with E-state index in [-0.39, 0.29) is 10.7 Å². The van der Waals surface area contributed by atoms with Crippen molar-refractivity contribution >= 4 is 23.5 Å². The van der Waals surface area contributed by atoms with Gasteiger partial charge in [-0.1, -0.05) is 11.6 Å². The number of carbonyl (C=O) groups is 1. The molecule has 0 aromatic carbocycles. The van der Waals surface area contributed by atoms with Crippen LogP contribution in [0.15, 0.2) is 6.20 Å². The largest absolute Gasteiger partial charge is 0.543 e. The molecular formula is C9H9ClN3O2-. The van der Waals surface area contributed by atoms with Gasteiger partial charge in [-0.3, -0.25) is 0 Å². The minimum absolute atomic E-state index is 0.0120. The number of aromatic nitrogens is 2. The van der Waals surface area contributed by atoms with Gasteiger partial charge < -0.3 is 14.8 Å². The molecular weight excluding hydrogens is 218 g/mol. The molecule has 0 N–H and O–H groups in total. The summed E-state index contributed by atoms with van der Waals surface area (Å²) in [5, 5.41) is 10.7. The Kier molecular flexibility index (Phi) is 2.73. The number of carbonyl (C=O) groups excluding carboxylic acids is 1. The second-order valence-electron chi connectivity index (χ2n) is 3.35. The molecule has 0 atom stereocenters. The highest BCUT2D eigenvalue weighted by atomic mass is 35.5. The molecule has 0 radical (unpaired) electrons. The van der Waals surface area contributed by atoms with Crippen molar-refractivity contribution in [2.75, 3.05) is 18.0 Å². The van der Waals surface area contributed by atoms with E-state index in [0.717, 1.165) is 25.9 Å². The molecule has 1 aromatic rings. The summed E-state index contributed by atoms with van der Waals surface area (Å²) in [4.78, 5) is 20.5. The number of halogens is 1. The van der Waals surface area contributed by atoms with E-state index in [9.17, 15) is 9.90 Å². The van der Waals surface area contributed by atoms with Crippen LogP contribution < -0.4 is 10.0 Å². The van der Waals surface area contributed by atoms with Gasteiger partial charge in [0.05, 0.1) is 17.2 Å². The topological polar surface area (TPSA) is 69.2 Å². The van der Waals surface area contributed by atoms with E-state index >= 15 is 0 Å². The molecule has 80 valence electrons. The normalized spacial score (nSPS) is 15.7. The molecule has 6 heteroatoms. The van der Waals surface area contributed by atoms with Gasteiger partial charge in [0.25, 0.3) is 0 Å². The van der Waals surface area contributed by atoms with Crippen molar-refractivity contribution < 1.29 is 9.90 Å². The summed E-state index contributed by atoms with van der Waals surface area (Å²) in [5.74, 6) is -0.959. The van der Waals surface area contributed by atoms with Crippen molar-refractivity contribution in [1.29, 1.82) is 0 Å². The van der Waals surface area contributed by atoms with Crippen LogP contribution in [0.2, 0.25) is 5.02 Å². The first kappa shape index (κ1) is 10.2. The number of carboxylic acid groups (broad SMARTS) is 1. The average molecular weight is 227 g/mol.